The quantitative estimate of drug-likeness (QED) is 0.683. The average Bonchev–Trinajstić information content (AvgIpc) is 2.78. The van der Waals surface area contributed by atoms with Gasteiger partial charge in [0.25, 0.3) is 10.0 Å². The van der Waals surface area contributed by atoms with Gasteiger partial charge in [0.1, 0.15) is 5.15 Å². The van der Waals surface area contributed by atoms with Gasteiger partial charge in [-0.05, 0) is 31.2 Å². The van der Waals surface area contributed by atoms with Gasteiger partial charge in [0.15, 0.2) is 0 Å². The molecule has 4 nitrogen and oxygen atoms in total. The molecule has 3 aromatic rings. The molecular formula is C14H11ClN2O2S. The number of hydrogen-bond acceptors (Lipinski definition) is 3. The Morgan fingerprint density at radius 3 is 2.55 bits per heavy atom. The summed E-state index contributed by atoms with van der Waals surface area (Å²) in [5.41, 5.74) is 1.13. The van der Waals surface area contributed by atoms with Crippen LogP contribution in [0.1, 0.15) is 5.69 Å². The van der Waals surface area contributed by atoms with Crippen LogP contribution in [0.15, 0.2) is 53.6 Å². The third kappa shape index (κ3) is 1.90. The second-order valence-corrected chi connectivity index (χ2v) is 6.55. The SMILES string of the molecule is Cc1cc2c(Cl)nccc2n1S(=O)(=O)c1ccccc1. The smallest absolute Gasteiger partial charge is 0.244 e. The highest BCUT2D eigenvalue weighted by atomic mass is 35.5. The van der Waals surface area contributed by atoms with E-state index in [4.69, 9.17) is 11.6 Å². The van der Waals surface area contributed by atoms with Crippen molar-refractivity contribution < 1.29 is 8.42 Å². The zero-order chi connectivity index (χ0) is 14.3. The molecule has 0 N–H and O–H groups in total. The summed E-state index contributed by atoms with van der Waals surface area (Å²) in [6.45, 7) is 1.73. The van der Waals surface area contributed by atoms with Crippen LogP contribution in [0, 0.1) is 6.92 Å². The molecule has 2 heterocycles. The van der Waals surface area contributed by atoms with Crippen molar-refractivity contribution in [2.75, 3.05) is 0 Å². The van der Waals surface area contributed by atoms with Gasteiger partial charge in [-0.2, -0.15) is 0 Å². The van der Waals surface area contributed by atoms with Gasteiger partial charge >= 0.3 is 0 Å². The maximum Gasteiger partial charge on any atom is 0.268 e. The van der Waals surface area contributed by atoms with Crippen molar-refractivity contribution in [3.8, 4) is 0 Å². The number of rotatable bonds is 2. The zero-order valence-electron chi connectivity index (χ0n) is 10.6. The van der Waals surface area contributed by atoms with Crippen LogP contribution in [0.3, 0.4) is 0 Å². The second-order valence-electron chi connectivity index (χ2n) is 4.40. The Balaban J connectivity index is 2.36. The molecule has 0 radical (unpaired) electrons. The molecule has 0 bridgehead atoms. The molecule has 2 aromatic heterocycles. The predicted octanol–water partition coefficient (Wildman–Crippen LogP) is 3.24. The minimum atomic E-state index is -3.64. The van der Waals surface area contributed by atoms with Gasteiger partial charge in [0, 0.05) is 17.3 Å². The summed E-state index contributed by atoms with van der Waals surface area (Å²) in [6, 6.07) is 11.7. The van der Waals surface area contributed by atoms with Crippen LogP contribution in [0.5, 0.6) is 0 Å². The zero-order valence-corrected chi connectivity index (χ0v) is 12.2. The van der Waals surface area contributed by atoms with Crippen molar-refractivity contribution in [3.05, 3.63) is 59.5 Å². The van der Waals surface area contributed by atoms with E-state index in [-0.39, 0.29) is 4.90 Å². The fourth-order valence-corrected chi connectivity index (χ4v) is 3.99. The second kappa shape index (κ2) is 4.61. The Bertz CT molecular complexity index is 886. The summed E-state index contributed by atoms with van der Waals surface area (Å²) in [5, 5.41) is 0.929. The molecule has 0 unspecified atom stereocenters. The lowest BCUT2D eigenvalue weighted by atomic mass is 10.3. The van der Waals surface area contributed by atoms with E-state index in [1.54, 1.807) is 49.4 Å². The Kier molecular flexibility index (Phi) is 3.03. The van der Waals surface area contributed by atoms with Gasteiger partial charge in [-0.25, -0.2) is 17.4 Å². The van der Waals surface area contributed by atoms with Crippen molar-refractivity contribution in [1.29, 1.82) is 0 Å². The Labute approximate surface area is 121 Å². The molecule has 6 heteroatoms. The minimum absolute atomic E-state index is 0.244. The van der Waals surface area contributed by atoms with Crippen LogP contribution in [-0.4, -0.2) is 17.4 Å². The Morgan fingerprint density at radius 2 is 1.85 bits per heavy atom. The largest absolute Gasteiger partial charge is 0.268 e. The third-order valence-electron chi connectivity index (χ3n) is 3.09. The first-order chi connectivity index (χ1) is 9.51. The van der Waals surface area contributed by atoms with Crippen LogP contribution in [-0.2, 0) is 10.0 Å². The highest BCUT2D eigenvalue weighted by Crippen LogP contribution is 2.28. The number of aromatic nitrogens is 2. The van der Waals surface area contributed by atoms with Gasteiger partial charge in [-0.1, -0.05) is 29.8 Å². The van der Waals surface area contributed by atoms with E-state index < -0.39 is 10.0 Å². The Morgan fingerprint density at radius 1 is 1.15 bits per heavy atom. The van der Waals surface area contributed by atoms with E-state index in [9.17, 15) is 8.42 Å². The van der Waals surface area contributed by atoms with Gasteiger partial charge in [-0.15, -0.1) is 0 Å². The van der Waals surface area contributed by atoms with Crippen LogP contribution < -0.4 is 0 Å². The molecule has 1 aromatic carbocycles. The normalized spacial score (nSPS) is 11.9. The summed E-state index contributed by atoms with van der Waals surface area (Å²) < 4.78 is 26.8. The van der Waals surface area contributed by atoms with Crippen molar-refractivity contribution in [1.82, 2.24) is 8.96 Å². The molecule has 102 valence electrons. The van der Waals surface area contributed by atoms with Crippen molar-refractivity contribution >= 4 is 32.5 Å². The molecule has 0 aliphatic carbocycles. The molecule has 20 heavy (non-hydrogen) atoms. The summed E-state index contributed by atoms with van der Waals surface area (Å²) in [5.74, 6) is 0. The molecule has 0 amide bonds. The van der Waals surface area contributed by atoms with Crippen molar-refractivity contribution in [2.24, 2.45) is 0 Å². The maximum absolute atomic E-state index is 12.7. The topological polar surface area (TPSA) is 52.0 Å². The monoisotopic (exact) mass is 306 g/mol. The van der Waals surface area contributed by atoms with E-state index in [2.05, 4.69) is 4.98 Å². The van der Waals surface area contributed by atoms with E-state index >= 15 is 0 Å². The molecule has 0 atom stereocenters. The minimum Gasteiger partial charge on any atom is -0.244 e. The summed E-state index contributed by atoms with van der Waals surface area (Å²) >= 11 is 6.02. The molecule has 0 fully saturated rings. The van der Waals surface area contributed by atoms with Gasteiger partial charge in [-0.3, -0.25) is 0 Å². The molecule has 0 saturated carbocycles. The lowest BCUT2D eigenvalue weighted by molar-refractivity contribution is 0.588. The molecule has 0 aliphatic heterocycles. The summed E-state index contributed by atoms with van der Waals surface area (Å²) in [4.78, 5) is 4.22. The fourth-order valence-electron chi connectivity index (χ4n) is 2.22. The number of pyridine rings is 1. The molecule has 0 aliphatic rings. The maximum atomic E-state index is 12.7. The van der Waals surface area contributed by atoms with E-state index in [1.165, 1.54) is 10.2 Å². The van der Waals surface area contributed by atoms with E-state index in [1.807, 2.05) is 0 Å². The first-order valence-electron chi connectivity index (χ1n) is 5.95. The molecule has 0 saturated heterocycles. The average molecular weight is 307 g/mol. The lowest BCUT2D eigenvalue weighted by Gasteiger charge is -2.09. The highest BCUT2D eigenvalue weighted by Gasteiger charge is 2.21. The number of hydrogen-bond donors (Lipinski definition) is 0. The number of fused-ring (bicyclic) bond motifs is 1. The highest BCUT2D eigenvalue weighted by molar-refractivity contribution is 7.90. The van der Waals surface area contributed by atoms with Crippen LogP contribution in [0.4, 0.5) is 0 Å². The lowest BCUT2D eigenvalue weighted by Crippen LogP contribution is -2.14. The number of nitrogens with zero attached hydrogens (tertiary/aromatic N) is 2. The van der Waals surface area contributed by atoms with Crippen LogP contribution in [0.2, 0.25) is 5.15 Å². The fraction of sp³-hybridized carbons (Fsp3) is 0.0714. The summed E-state index contributed by atoms with van der Waals surface area (Å²) in [7, 11) is -3.64. The van der Waals surface area contributed by atoms with Gasteiger partial charge in [0.2, 0.25) is 0 Å². The first kappa shape index (κ1) is 13.1. The summed E-state index contributed by atoms with van der Waals surface area (Å²) in [6.07, 6.45) is 1.50. The van der Waals surface area contributed by atoms with Gasteiger partial charge in [0.05, 0.1) is 10.4 Å². The van der Waals surface area contributed by atoms with Crippen LogP contribution >= 0.6 is 11.6 Å². The molecular weight excluding hydrogens is 296 g/mol. The third-order valence-corrected chi connectivity index (χ3v) is 5.23. The first-order valence-corrected chi connectivity index (χ1v) is 7.77. The van der Waals surface area contributed by atoms with Crippen molar-refractivity contribution in [2.45, 2.75) is 11.8 Å². The predicted molar refractivity (Wildman–Crippen MR) is 78.5 cm³/mol. The molecule has 0 spiro atoms. The Hall–Kier alpha value is -1.85. The number of benzene rings is 1. The van der Waals surface area contributed by atoms with Gasteiger partial charge < -0.3 is 0 Å². The van der Waals surface area contributed by atoms with E-state index in [0.29, 0.717) is 21.7 Å². The molecule has 3 rings (SSSR count). The van der Waals surface area contributed by atoms with Crippen LogP contribution in [0.25, 0.3) is 10.9 Å². The van der Waals surface area contributed by atoms with E-state index in [0.717, 1.165) is 0 Å². The van der Waals surface area contributed by atoms with Crippen molar-refractivity contribution in [3.63, 3.8) is 0 Å². The standard InChI is InChI=1S/C14H11ClN2O2S/c1-10-9-12-13(7-8-16-14(12)15)17(10)20(18,19)11-5-3-2-4-6-11/h2-9H,1H3. The number of aryl methyl sites for hydroxylation is 1. The number of halogens is 1.